The first kappa shape index (κ1) is 11.3. The second-order valence-electron chi connectivity index (χ2n) is 2.53. The second kappa shape index (κ2) is 8.37. The molecule has 0 aromatic carbocycles. The van der Waals surface area contributed by atoms with Gasteiger partial charge < -0.3 is 9.47 Å². The Morgan fingerprint density at radius 2 is 2.08 bits per heavy atom. The van der Waals surface area contributed by atoms with Crippen molar-refractivity contribution in [3.8, 4) is 0 Å². The van der Waals surface area contributed by atoms with Crippen molar-refractivity contribution in [3.05, 3.63) is 6.61 Å². The van der Waals surface area contributed by atoms with E-state index >= 15 is 0 Å². The predicted octanol–water partition coefficient (Wildman–Crippen LogP) is 2.90. The topological polar surface area (TPSA) is 35.5 Å². The Hall–Kier alpha value is -0.730. The Bertz CT molecular complexity index is 100. The molecule has 12 heavy (non-hydrogen) atoms. The summed E-state index contributed by atoms with van der Waals surface area (Å²) in [6.07, 6.45) is 3.08. The fourth-order valence-electron chi connectivity index (χ4n) is 0.579. The van der Waals surface area contributed by atoms with Crippen LogP contribution in [0, 0.1) is 6.61 Å². The molecule has 0 atom stereocenters. The molecule has 0 saturated heterocycles. The first-order valence-electron chi connectivity index (χ1n) is 4.46. The summed E-state index contributed by atoms with van der Waals surface area (Å²) >= 11 is 0. The highest BCUT2D eigenvalue weighted by molar-refractivity contribution is 5.60. The lowest BCUT2D eigenvalue weighted by atomic mass is 10.4. The molecule has 0 aromatic heterocycles. The average molecular weight is 173 g/mol. The second-order valence-corrected chi connectivity index (χ2v) is 2.53. The van der Waals surface area contributed by atoms with Gasteiger partial charge in [0.2, 0.25) is 0 Å². The van der Waals surface area contributed by atoms with Gasteiger partial charge in [-0.3, -0.25) is 0 Å². The highest BCUT2D eigenvalue weighted by Gasteiger charge is 2.01. The van der Waals surface area contributed by atoms with Gasteiger partial charge in [0, 0.05) is 0 Å². The van der Waals surface area contributed by atoms with Crippen LogP contribution in [0.25, 0.3) is 0 Å². The van der Waals surface area contributed by atoms with Crippen molar-refractivity contribution >= 4 is 6.16 Å². The Morgan fingerprint density at radius 3 is 2.67 bits per heavy atom. The average Bonchev–Trinajstić information content (AvgIpc) is 2.06. The lowest BCUT2D eigenvalue weighted by Gasteiger charge is -2.03. The Morgan fingerprint density at radius 1 is 1.33 bits per heavy atom. The molecular weight excluding hydrogens is 156 g/mol. The number of carbonyl (C=O) groups is 1. The van der Waals surface area contributed by atoms with Crippen LogP contribution >= 0.6 is 0 Å². The molecule has 0 aliphatic heterocycles. The van der Waals surface area contributed by atoms with Crippen molar-refractivity contribution in [1.29, 1.82) is 0 Å². The Balaban J connectivity index is 3.10. The third kappa shape index (κ3) is 7.38. The normalized spacial score (nSPS) is 9.50. The van der Waals surface area contributed by atoms with Crippen molar-refractivity contribution in [2.45, 2.75) is 39.5 Å². The largest absolute Gasteiger partial charge is 0.508 e. The summed E-state index contributed by atoms with van der Waals surface area (Å²) in [5.74, 6) is 0. The van der Waals surface area contributed by atoms with Gasteiger partial charge in [0.05, 0.1) is 6.61 Å². The molecule has 0 aromatic rings. The monoisotopic (exact) mass is 173 g/mol. The third-order valence-electron chi connectivity index (χ3n) is 1.30. The number of hydrogen-bond acceptors (Lipinski definition) is 3. The molecule has 0 rings (SSSR count). The van der Waals surface area contributed by atoms with Gasteiger partial charge in [-0.2, -0.15) is 0 Å². The smallest absolute Gasteiger partial charge is 0.434 e. The first-order chi connectivity index (χ1) is 5.81. The van der Waals surface area contributed by atoms with Crippen molar-refractivity contribution in [1.82, 2.24) is 0 Å². The molecule has 71 valence electrons. The van der Waals surface area contributed by atoms with Gasteiger partial charge in [-0.05, 0) is 12.8 Å². The molecule has 1 radical (unpaired) electrons. The van der Waals surface area contributed by atoms with E-state index in [2.05, 4.69) is 4.74 Å². The summed E-state index contributed by atoms with van der Waals surface area (Å²) in [7, 11) is 0. The summed E-state index contributed by atoms with van der Waals surface area (Å²) in [4.78, 5) is 10.7. The maximum absolute atomic E-state index is 10.7. The first-order valence-corrected chi connectivity index (χ1v) is 4.46. The SMILES string of the molecule is CCC[CH]OC(=O)OCCCC. The van der Waals surface area contributed by atoms with E-state index in [1.54, 1.807) is 0 Å². The number of unbranched alkanes of at least 4 members (excludes halogenated alkanes) is 2. The van der Waals surface area contributed by atoms with Crippen molar-refractivity contribution < 1.29 is 14.3 Å². The summed E-state index contributed by atoms with van der Waals surface area (Å²) in [5, 5.41) is 0. The van der Waals surface area contributed by atoms with E-state index in [1.165, 1.54) is 6.61 Å². The van der Waals surface area contributed by atoms with Crippen molar-refractivity contribution in [2.75, 3.05) is 6.61 Å². The molecule has 0 unspecified atom stereocenters. The molecule has 3 heteroatoms. The van der Waals surface area contributed by atoms with Gasteiger partial charge in [0.15, 0.2) is 0 Å². The number of carbonyl (C=O) groups excluding carboxylic acids is 1. The molecule has 0 aliphatic rings. The van der Waals surface area contributed by atoms with Crippen LogP contribution in [0.5, 0.6) is 0 Å². The zero-order valence-corrected chi connectivity index (χ0v) is 7.84. The molecule has 0 spiro atoms. The minimum absolute atomic E-state index is 0.454. The van der Waals surface area contributed by atoms with Crippen molar-refractivity contribution in [3.63, 3.8) is 0 Å². The molecule has 0 saturated carbocycles. The van der Waals surface area contributed by atoms with Crippen LogP contribution in [-0.4, -0.2) is 12.8 Å². The molecule has 3 nitrogen and oxygen atoms in total. The summed E-state index contributed by atoms with van der Waals surface area (Å²) in [6, 6.07) is 0. The number of rotatable bonds is 6. The van der Waals surface area contributed by atoms with E-state index in [-0.39, 0.29) is 0 Å². The maximum Gasteiger partial charge on any atom is 0.508 e. The van der Waals surface area contributed by atoms with E-state index < -0.39 is 6.16 Å². The van der Waals surface area contributed by atoms with Gasteiger partial charge in [-0.1, -0.05) is 26.7 Å². The highest BCUT2D eigenvalue weighted by atomic mass is 16.7. The Labute approximate surface area is 74.0 Å². The minimum Gasteiger partial charge on any atom is -0.434 e. The Kier molecular flexibility index (Phi) is 7.86. The fraction of sp³-hybridized carbons (Fsp3) is 0.778. The lowest BCUT2D eigenvalue weighted by molar-refractivity contribution is 0.0712. The number of hydrogen-bond donors (Lipinski definition) is 0. The van der Waals surface area contributed by atoms with E-state index in [0.29, 0.717) is 6.61 Å². The molecular formula is C9H17O3. The predicted molar refractivity (Wildman–Crippen MR) is 46.5 cm³/mol. The minimum atomic E-state index is -0.586. The summed E-state index contributed by atoms with van der Waals surface area (Å²) in [6.45, 7) is 5.99. The van der Waals surface area contributed by atoms with Crippen LogP contribution in [0.3, 0.4) is 0 Å². The molecule has 0 N–H and O–H groups in total. The van der Waals surface area contributed by atoms with Crippen LogP contribution in [0.15, 0.2) is 0 Å². The van der Waals surface area contributed by atoms with Crippen LogP contribution < -0.4 is 0 Å². The van der Waals surface area contributed by atoms with Crippen LogP contribution in [0.2, 0.25) is 0 Å². The van der Waals surface area contributed by atoms with Gasteiger partial charge in [0.1, 0.15) is 6.61 Å². The zero-order valence-electron chi connectivity index (χ0n) is 7.84. The fourth-order valence-corrected chi connectivity index (χ4v) is 0.579. The van der Waals surface area contributed by atoms with Gasteiger partial charge in [0.25, 0.3) is 0 Å². The van der Waals surface area contributed by atoms with Gasteiger partial charge in [-0.15, -0.1) is 0 Å². The number of ether oxygens (including phenoxy) is 2. The van der Waals surface area contributed by atoms with Gasteiger partial charge >= 0.3 is 6.16 Å². The quantitative estimate of drug-likeness (QED) is 0.457. The molecule has 0 fully saturated rings. The molecule has 0 aliphatic carbocycles. The van der Waals surface area contributed by atoms with E-state index in [9.17, 15) is 4.79 Å². The van der Waals surface area contributed by atoms with E-state index in [4.69, 9.17) is 4.74 Å². The summed E-state index contributed by atoms with van der Waals surface area (Å²) < 4.78 is 9.38. The zero-order chi connectivity index (χ0) is 9.23. The standard InChI is InChI=1S/C9H17O3/c1-3-5-7-11-9(10)12-8-6-4-2/h7H,3-6,8H2,1-2H3. The van der Waals surface area contributed by atoms with Crippen LogP contribution in [-0.2, 0) is 9.47 Å². The van der Waals surface area contributed by atoms with E-state index in [0.717, 1.165) is 25.7 Å². The lowest BCUT2D eigenvalue weighted by Crippen LogP contribution is -2.06. The third-order valence-corrected chi connectivity index (χ3v) is 1.30. The summed E-state index contributed by atoms with van der Waals surface area (Å²) in [5.41, 5.74) is 0. The van der Waals surface area contributed by atoms with Crippen LogP contribution in [0.1, 0.15) is 39.5 Å². The maximum atomic E-state index is 10.7. The van der Waals surface area contributed by atoms with Crippen molar-refractivity contribution in [2.24, 2.45) is 0 Å². The molecule has 0 amide bonds. The molecule has 0 heterocycles. The van der Waals surface area contributed by atoms with Crippen LogP contribution in [0.4, 0.5) is 4.79 Å². The highest BCUT2D eigenvalue weighted by Crippen LogP contribution is 1.97. The van der Waals surface area contributed by atoms with Gasteiger partial charge in [-0.25, -0.2) is 4.79 Å². The molecule has 0 bridgehead atoms. The van der Waals surface area contributed by atoms with E-state index in [1.807, 2.05) is 13.8 Å².